The van der Waals surface area contributed by atoms with E-state index in [0.29, 0.717) is 30.5 Å². The zero-order chi connectivity index (χ0) is 28.9. The Morgan fingerprint density at radius 2 is 1.51 bits per heavy atom. The summed E-state index contributed by atoms with van der Waals surface area (Å²) in [6, 6.07) is 6.12. The second-order valence-corrected chi connectivity index (χ2v) is 12.4. The number of hydrogen-bond donors (Lipinski definition) is 1. The van der Waals surface area contributed by atoms with Crippen molar-refractivity contribution in [2.75, 3.05) is 6.26 Å². The van der Waals surface area contributed by atoms with Crippen molar-refractivity contribution in [3.63, 3.8) is 0 Å². The molecule has 0 unspecified atom stereocenters. The van der Waals surface area contributed by atoms with Gasteiger partial charge in [0.15, 0.2) is 9.84 Å². The minimum Gasteiger partial charge on any atom is -0.370 e. The molecule has 4 rings (SSSR count). The Labute approximate surface area is 220 Å². The fraction of sp³-hybridized carbons (Fsp3) is 0.500. The molecular weight excluding hydrogens is 555 g/mol. The number of halogens is 7. The van der Waals surface area contributed by atoms with E-state index in [-0.39, 0.29) is 24.0 Å². The molecule has 0 radical (unpaired) electrons. The van der Waals surface area contributed by atoms with E-state index in [0.717, 1.165) is 6.26 Å². The van der Waals surface area contributed by atoms with Crippen molar-refractivity contribution in [3.8, 4) is 0 Å². The lowest BCUT2D eigenvalue weighted by molar-refractivity contribution is -0.143. The van der Waals surface area contributed by atoms with E-state index in [1.54, 1.807) is 0 Å². The zero-order valence-electron chi connectivity index (χ0n) is 20.8. The first-order chi connectivity index (χ1) is 17.9. The van der Waals surface area contributed by atoms with Gasteiger partial charge in [-0.2, -0.15) is 26.3 Å². The second kappa shape index (κ2) is 10.4. The van der Waals surface area contributed by atoms with Crippen molar-refractivity contribution in [1.29, 1.82) is 0 Å². The highest BCUT2D eigenvalue weighted by Gasteiger charge is 2.49. The fourth-order valence-electron chi connectivity index (χ4n) is 5.62. The maximum atomic E-state index is 13.7. The SMILES string of the molecule is C[C@@H](O[C@H]1CC[C@@H]([C@H]2C[C@@H](S(C)(=O)=O)C(=O)N2)[C@@H]1c1ccc(F)cc1)c1cc(C(F)(F)F)cc(C(F)(F)F)c1. The number of rotatable bonds is 6. The number of hydrogen-bond acceptors (Lipinski definition) is 4. The van der Waals surface area contributed by atoms with Gasteiger partial charge in [0, 0.05) is 18.2 Å². The number of benzene rings is 2. The van der Waals surface area contributed by atoms with Crippen LogP contribution in [0.3, 0.4) is 0 Å². The lowest BCUT2D eigenvalue weighted by Gasteiger charge is -2.31. The lowest BCUT2D eigenvalue weighted by Crippen LogP contribution is -2.36. The first-order valence-corrected chi connectivity index (χ1v) is 14.1. The van der Waals surface area contributed by atoms with Crippen LogP contribution in [0.5, 0.6) is 0 Å². The van der Waals surface area contributed by atoms with Crippen LogP contribution in [0.4, 0.5) is 30.7 Å². The summed E-state index contributed by atoms with van der Waals surface area (Å²) in [4.78, 5) is 12.4. The first kappa shape index (κ1) is 29.3. The van der Waals surface area contributed by atoms with Crippen LogP contribution >= 0.6 is 0 Å². The number of nitrogens with one attached hydrogen (secondary N) is 1. The van der Waals surface area contributed by atoms with Crippen molar-refractivity contribution in [2.45, 2.75) is 68.0 Å². The van der Waals surface area contributed by atoms with Gasteiger partial charge in [-0.05, 0) is 73.6 Å². The first-order valence-electron chi connectivity index (χ1n) is 12.1. The van der Waals surface area contributed by atoms with Gasteiger partial charge in [-0.1, -0.05) is 12.1 Å². The Morgan fingerprint density at radius 3 is 2.00 bits per heavy atom. The van der Waals surface area contributed by atoms with Gasteiger partial charge < -0.3 is 10.1 Å². The number of sulfone groups is 1. The van der Waals surface area contributed by atoms with E-state index in [1.165, 1.54) is 31.2 Å². The van der Waals surface area contributed by atoms with Gasteiger partial charge in [0.25, 0.3) is 0 Å². The molecule has 214 valence electrons. The molecule has 6 atom stereocenters. The van der Waals surface area contributed by atoms with E-state index in [4.69, 9.17) is 4.74 Å². The molecule has 1 N–H and O–H groups in total. The Kier molecular flexibility index (Phi) is 7.80. The van der Waals surface area contributed by atoms with Crippen LogP contribution in [0.2, 0.25) is 0 Å². The fourth-order valence-corrected chi connectivity index (χ4v) is 6.63. The quantitative estimate of drug-likeness (QED) is 0.438. The van der Waals surface area contributed by atoms with Crippen LogP contribution in [-0.2, 0) is 31.7 Å². The van der Waals surface area contributed by atoms with Gasteiger partial charge in [0.2, 0.25) is 5.91 Å². The summed E-state index contributed by atoms with van der Waals surface area (Å²) in [7, 11) is -3.68. The molecule has 13 heteroatoms. The number of carbonyl (C=O) groups is 1. The minimum absolute atomic E-state index is 0.00483. The predicted octanol–water partition coefficient (Wildman–Crippen LogP) is 5.81. The Morgan fingerprint density at radius 1 is 0.949 bits per heavy atom. The average Bonchev–Trinajstić information content (AvgIpc) is 3.41. The average molecular weight is 582 g/mol. The van der Waals surface area contributed by atoms with Crippen molar-refractivity contribution < 1.29 is 48.7 Å². The van der Waals surface area contributed by atoms with Crippen LogP contribution in [-0.4, -0.2) is 38.0 Å². The normalized spacial score (nSPS) is 27.0. The molecule has 2 fully saturated rings. The van der Waals surface area contributed by atoms with Crippen molar-refractivity contribution in [2.24, 2.45) is 5.92 Å². The van der Waals surface area contributed by atoms with Gasteiger partial charge in [0.05, 0.1) is 23.3 Å². The zero-order valence-corrected chi connectivity index (χ0v) is 21.6. The number of amides is 1. The van der Waals surface area contributed by atoms with Crippen molar-refractivity contribution >= 4 is 15.7 Å². The Balaban J connectivity index is 1.65. The molecule has 1 amide bonds. The summed E-state index contributed by atoms with van der Waals surface area (Å²) >= 11 is 0. The highest BCUT2D eigenvalue weighted by molar-refractivity contribution is 7.92. The number of ether oxygens (including phenoxy) is 1. The summed E-state index contributed by atoms with van der Waals surface area (Å²) in [5.74, 6) is -2.06. The lowest BCUT2D eigenvalue weighted by atomic mass is 9.82. The van der Waals surface area contributed by atoms with Gasteiger partial charge in [0.1, 0.15) is 11.1 Å². The van der Waals surface area contributed by atoms with Gasteiger partial charge >= 0.3 is 12.4 Å². The summed E-state index contributed by atoms with van der Waals surface area (Å²) in [6.45, 7) is 1.35. The van der Waals surface area contributed by atoms with Crippen LogP contribution in [0.15, 0.2) is 42.5 Å². The highest BCUT2D eigenvalue weighted by atomic mass is 32.2. The molecule has 0 spiro atoms. The van der Waals surface area contributed by atoms with Crippen molar-refractivity contribution in [3.05, 3.63) is 70.5 Å². The Hall–Kier alpha value is -2.67. The molecule has 2 aromatic carbocycles. The van der Waals surface area contributed by atoms with E-state index < -0.39 is 74.5 Å². The maximum Gasteiger partial charge on any atom is 0.416 e. The van der Waals surface area contributed by atoms with E-state index in [9.17, 15) is 43.9 Å². The molecule has 0 aromatic heterocycles. The molecule has 1 heterocycles. The molecule has 2 aromatic rings. The van der Waals surface area contributed by atoms with E-state index >= 15 is 0 Å². The smallest absolute Gasteiger partial charge is 0.370 e. The van der Waals surface area contributed by atoms with Crippen LogP contribution < -0.4 is 5.32 Å². The molecule has 1 aliphatic heterocycles. The standard InChI is InChI=1S/C26H26F7NO4S/c1-13(15-9-16(25(28,29)30)11-17(10-15)26(31,32)33)38-21-8-7-19(23(21)14-3-5-18(27)6-4-14)20-12-22(24(35)34-20)39(2,36)37/h3-6,9-11,13,19-23H,7-8,12H2,1-2H3,(H,34,35)/t13-,19+,20-,21+,22-,23+/m1/s1. The largest absolute Gasteiger partial charge is 0.416 e. The summed E-state index contributed by atoms with van der Waals surface area (Å²) < 4.78 is 124. The molecule has 0 bridgehead atoms. The Bertz CT molecular complexity index is 1290. The third-order valence-electron chi connectivity index (χ3n) is 7.48. The molecular formula is C26H26F7NO4S. The van der Waals surface area contributed by atoms with E-state index in [1.807, 2.05) is 0 Å². The van der Waals surface area contributed by atoms with Crippen molar-refractivity contribution in [1.82, 2.24) is 5.32 Å². The molecule has 1 aliphatic carbocycles. The van der Waals surface area contributed by atoms with Crippen LogP contribution in [0.25, 0.3) is 0 Å². The summed E-state index contributed by atoms with van der Waals surface area (Å²) in [5.41, 5.74) is -2.64. The predicted molar refractivity (Wildman–Crippen MR) is 127 cm³/mol. The third kappa shape index (κ3) is 6.40. The molecule has 1 saturated carbocycles. The van der Waals surface area contributed by atoms with Crippen LogP contribution in [0, 0.1) is 11.7 Å². The monoisotopic (exact) mass is 581 g/mol. The molecule has 39 heavy (non-hydrogen) atoms. The molecule has 5 nitrogen and oxygen atoms in total. The summed E-state index contributed by atoms with van der Waals surface area (Å²) in [5, 5.41) is 1.48. The molecule has 2 aliphatic rings. The third-order valence-corrected chi connectivity index (χ3v) is 8.92. The van der Waals surface area contributed by atoms with E-state index in [2.05, 4.69) is 5.32 Å². The maximum absolute atomic E-state index is 13.7. The van der Waals surface area contributed by atoms with Gasteiger partial charge in [-0.25, -0.2) is 12.8 Å². The van der Waals surface area contributed by atoms with Gasteiger partial charge in [-0.15, -0.1) is 0 Å². The van der Waals surface area contributed by atoms with Crippen LogP contribution in [0.1, 0.15) is 60.5 Å². The number of alkyl halides is 6. The van der Waals surface area contributed by atoms with Gasteiger partial charge in [-0.3, -0.25) is 4.79 Å². The summed E-state index contributed by atoms with van der Waals surface area (Å²) in [6.07, 6.45) is -10.2. The highest BCUT2D eigenvalue weighted by Crippen LogP contribution is 2.47. The number of carbonyl (C=O) groups excluding carboxylic acids is 1. The topological polar surface area (TPSA) is 72.5 Å². The minimum atomic E-state index is -5.01. The molecule has 1 saturated heterocycles. The second-order valence-electron chi connectivity index (χ2n) is 10.1.